The van der Waals surface area contributed by atoms with Crippen molar-refractivity contribution < 1.29 is 40.1 Å². The van der Waals surface area contributed by atoms with Crippen molar-refractivity contribution in [1.82, 2.24) is 39.2 Å². The Morgan fingerprint density at radius 2 is 0.299 bits per heavy atom. The molecule has 0 aromatic heterocycles. The third-order valence-electron chi connectivity index (χ3n) is 27.1. The van der Waals surface area contributed by atoms with Gasteiger partial charge in [0.15, 0.2) is 66.5 Å². The molecule has 0 unspecified atom stereocenters. The van der Waals surface area contributed by atoms with Crippen LogP contribution in [0.5, 0.6) is 0 Å². The molecule has 0 bridgehead atoms. The second kappa shape index (κ2) is 44.7. The predicted molar refractivity (Wildman–Crippen MR) is 490 cm³/mol. The summed E-state index contributed by atoms with van der Waals surface area (Å²) in [6.45, 7) is 117. The summed E-state index contributed by atoms with van der Waals surface area (Å²) in [7, 11) is -6.33. The van der Waals surface area contributed by atoms with Crippen molar-refractivity contribution >= 4 is 66.5 Å². The van der Waals surface area contributed by atoms with Gasteiger partial charge < -0.3 is 59.7 Å². The Morgan fingerprint density at radius 1 is 0.187 bits per heavy atom. The zero-order valence-corrected chi connectivity index (χ0v) is 88.2. The number of ether oxygens (including phenoxy) is 1. The van der Waals surface area contributed by atoms with E-state index in [0.717, 1.165) is 184 Å². The number of likely N-dealkylation sites (N-methyl/N-ethyl adjacent to an activating group) is 4. The van der Waals surface area contributed by atoms with Gasteiger partial charge in [0.05, 0.1) is 12.2 Å². The van der Waals surface area contributed by atoms with Gasteiger partial charge in [-0.2, -0.15) is 0 Å². The molecule has 0 aliphatic rings. The molecule has 0 aliphatic heterocycles. The minimum Gasteiger partial charge on any atom is -0.416 e. The molecule has 0 amide bonds. The van der Waals surface area contributed by atoms with Crippen molar-refractivity contribution in [2.24, 2.45) is 0 Å². The van der Waals surface area contributed by atoms with Gasteiger partial charge in [-0.15, -0.1) is 0 Å². The first-order valence-electron chi connectivity index (χ1n) is 42.2. The van der Waals surface area contributed by atoms with Gasteiger partial charge in [-0.05, 0) is 173 Å². The Morgan fingerprint density at radius 3 is 0.402 bits per heavy atom. The standard InChI is InChI=1S/C82H190N8O9Si8/c1-75(2,3)100(29,30)91-61-53-87(54-62-92-101(31,32)76(4,5)6)49-45-83(25)69-73(70-84(26)46-50-88(55-63-93-102(33,34)77(7,8)9)56-64-94-103(35,36)78(10,11)12)99-74(71-85(27)47-51-89(57-65-95-104(37,38)79(13,14)15)58-66-96-105(39,40)80(16,17)18)72-86(28)48-52-90(59-67-97-106(41,42)81(19,20)21)60-68-98-107(43,44)82(22,23)24/h73-74H,45-72H2,1-44H3. The van der Waals surface area contributed by atoms with Crippen molar-refractivity contribution in [3.63, 3.8) is 0 Å². The lowest BCUT2D eigenvalue weighted by Crippen LogP contribution is -2.50. The molecule has 0 saturated carbocycles. The molecule has 17 nitrogen and oxygen atoms in total. The number of rotatable bonds is 54. The molecule has 0 saturated heterocycles. The first-order chi connectivity index (χ1) is 47.8. The first kappa shape index (κ1) is 108. The van der Waals surface area contributed by atoms with Gasteiger partial charge >= 0.3 is 0 Å². The Kier molecular flexibility index (Phi) is 45.2. The van der Waals surface area contributed by atoms with E-state index in [-0.39, 0.29) is 52.5 Å². The maximum atomic E-state index is 7.89. The van der Waals surface area contributed by atoms with Crippen LogP contribution < -0.4 is 0 Å². The molecule has 0 aromatic carbocycles. The smallest absolute Gasteiger partial charge is 0.192 e. The van der Waals surface area contributed by atoms with Crippen molar-refractivity contribution in [1.29, 1.82) is 0 Å². The number of hydrogen-bond acceptors (Lipinski definition) is 17. The Bertz CT molecular complexity index is 1960. The number of nitrogens with zero attached hydrogens (tertiary/aromatic N) is 8. The molecule has 0 fully saturated rings. The van der Waals surface area contributed by atoms with Gasteiger partial charge in [0.25, 0.3) is 0 Å². The van der Waals surface area contributed by atoms with Crippen molar-refractivity contribution in [2.45, 2.75) is 323 Å². The highest BCUT2D eigenvalue weighted by atomic mass is 28.4. The van der Waals surface area contributed by atoms with Gasteiger partial charge in [-0.3, -0.25) is 19.6 Å². The Labute approximate surface area is 676 Å². The summed E-state index contributed by atoms with van der Waals surface area (Å²) in [6, 6.07) is 0. The average Bonchev–Trinajstić information content (AvgIpc) is 0.876. The van der Waals surface area contributed by atoms with E-state index in [1.807, 2.05) is 0 Å². The number of hydrogen-bond donors (Lipinski definition) is 0. The lowest BCUT2D eigenvalue weighted by Gasteiger charge is -2.39. The fourth-order valence-electron chi connectivity index (χ4n) is 10.1. The van der Waals surface area contributed by atoms with Crippen LogP contribution in [0.1, 0.15) is 166 Å². The van der Waals surface area contributed by atoms with E-state index in [2.05, 4.69) is 338 Å². The molecule has 644 valence electrons. The molecule has 0 N–H and O–H groups in total. The molecular weight excluding hydrogens is 1470 g/mol. The van der Waals surface area contributed by atoms with Crippen LogP contribution in [-0.4, -0.2) is 330 Å². The van der Waals surface area contributed by atoms with E-state index in [9.17, 15) is 0 Å². The van der Waals surface area contributed by atoms with Gasteiger partial charge in [-0.25, -0.2) is 0 Å². The largest absolute Gasteiger partial charge is 0.416 e. The second-order valence-electron chi connectivity index (χ2n) is 44.7. The molecule has 25 heteroatoms. The quantitative estimate of drug-likeness (QED) is 0.0538. The van der Waals surface area contributed by atoms with Crippen LogP contribution in [0.3, 0.4) is 0 Å². The monoisotopic (exact) mass is 1660 g/mol. The van der Waals surface area contributed by atoms with Crippen LogP contribution in [0.15, 0.2) is 0 Å². The van der Waals surface area contributed by atoms with Gasteiger partial charge in [0, 0.05) is 184 Å². The van der Waals surface area contributed by atoms with Gasteiger partial charge in [0.2, 0.25) is 0 Å². The maximum absolute atomic E-state index is 7.89. The molecular formula is C82H190N8O9Si8. The fourth-order valence-corrected chi connectivity index (χ4v) is 18.4. The minimum atomic E-state index is -1.95. The molecule has 0 atom stereocenters. The second-order valence-corrected chi connectivity index (χ2v) is 83.1. The van der Waals surface area contributed by atoms with Crippen LogP contribution in [0, 0.1) is 0 Å². The van der Waals surface area contributed by atoms with Crippen molar-refractivity contribution in [2.75, 3.05) is 212 Å². The molecule has 0 aromatic rings. The summed E-state index contributed by atoms with van der Waals surface area (Å²) in [4.78, 5) is 20.6. The summed E-state index contributed by atoms with van der Waals surface area (Å²) in [6.07, 6.45) is -0.168. The van der Waals surface area contributed by atoms with Crippen LogP contribution >= 0.6 is 0 Å². The fraction of sp³-hybridized carbons (Fsp3) is 1.00. The summed E-state index contributed by atoms with van der Waals surface area (Å²) in [5, 5.41) is 1.14. The average molecular weight is 1660 g/mol. The van der Waals surface area contributed by atoms with Crippen molar-refractivity contribution in [3.05, 3.63) is 0 Å². The van der Waals surface area contributed by atoms with E-state index >= 15 is 0 Å². The summed E-state index contributed by atoms with van der Waals surface area (Å²) in [5.74, 6) is 0. The zero-order chi connectivity index (χ0) is 83.9. The molecule has 0 heterocycles. The van der Waals surface area contributed by atoms with E-state index in [0.29, 0.717) is 0 Å². The van der Waals surface area contributed by atoms with Crippen LogP contribution in [0.2, 0.25) is 145 Å². The Hall–Kier alpha value is 1.06. The molecule has 0 spiro atoms. The van der Waals surface area contributed by atoms with Crippen molar-refractivity contribution in [3.8, 4) is 0 Å². The molecule has 0 rings (SSSR count). The van der Waals surface area contributed by atoms with Crippen LogP contribution in [0.4, 0.5) is 0 Å². The maximum Gasteiger partial charge on any atom is 0.192 e. The van der Waals surface area contributed by atoms with E-state index in [4.69, 9.17) is 40.1 Å². The predicted octanol–water partition coefficient (Wildman–Crippen LogP) is 18.8. The lowest BCUT2D eigenvalue weighted by molar-refractivity contribution is -0.0603. The summed E-state index contributed by atoms with van der Waals surface area (Å²) < 4.78 is 63.0. The van der Waals surface area contributed by atoms with E-state index < -0.39 is 66.5 Å². The zero-order valence-electron chi connectivity index (χ0n) is 80.2. The van der Waals surface area contributed by atoms with E-state index in [1.165, 1.54) is 0 Å². The lowest BCUT2D eigenvalue weighted by atomic mass is 10.2. The van der Waals surface area contributed by atoms with E-state index in [1.54, 1.807) is 0 Å². The summed E-state index contributed by atoms with van der Waals surface area (Å²) in [5.41, 5.74) is 0. The third-order valence-corrected chi connectivity index (χ3v) is 63.4. The van der Waals surface area contributed by atoms with Gasteiger partial charge in [-0.1, -0.05) is 166 Å². The molecule has 107 heavy (non-hydrogen) atoms. The van der Waals surface area contributed by atoms with Crippen LogP contribution in [0.25, 0.3) is 0 Å². The normalized spacial score (nSPS) is 15.1. The van der Waals surface area contributed by atoms with Crippen LogP contribution in [-0.2, 0) is 40.1 Å². The third kappa shape index (κ3) is 41.3. The van der Waals surface area contributed by atoms with Gasteiger partial charge in [0.1, 0.15) is 0 Å². The highest BCUT2D eigenvalue weighted by Gasteiger charge is 2.44. The Balaban J connectivity index is 8.08. The minimum absolute atomic E-state index is 0.0840. The first-order valence-corrected chi connectivity index (χ1v) is 65.4. The summed E-state index contributed by atoms with van der Waals surface area (Å²) >= 11 is 0. The SMILES string of the molecule is CN(CCN(CCO[Si](C)(C)C(C)(C)C)CCO[Si](C)(C)C(C)(C)C)CC(CN(C)CCN(CCO[Si](C)(C)C(C)(C)C)CCO[Si](C)(C)C(C)(C)C)OC(CN(C)CCN(CCO[Si](C)(C)C(C)(C)C)CCO[Si](C)(C)C(C)(C)C)CN(C)CCN(CCO[Si](C)(C)C(C)(C)C)CCO[Si](C)(C)C(C)(C)C. The highest BCUT2D eigenvalue weighted by molar-refractivity contribution is 6.77. The topological polar surface area (TPSA) is 109 Å². The molecule has 0 radical (unpaired) electrons. The highest BCUT2D eigenvalue weighted by Crippen LogP contribution is 2.42. The molecule has 0 aliphatic carbocycles.